The first-order valence-electron chi connectivity index (χ1n) is 14.1. The number of ether oxygens (including phenoxy) is 1. The molecular weight excluding hydrogens is 568 g/mol. The minimum absolute atomic E-state index is 0.0977. The maximum atomic E-state index is 15.0. The standard InChI is InChI=1S/C30H28F4N6O3/c31-25-8-5-18(14-26-23-15-21(43-20-3-1-4-20)6-7-22(23)27(41)38-37-26)13-24(25)28(42)39-9-2-10-40(12-11-39)29-35-16-19(17-36-29)30(32,33)34/h5-8,13,15-17,20H,1-4,9-12,14H2,(H,38,41). The third-order valence-corrected chi connectivity index (χ3v) is 7.86. The van der Waals surface area contributed by atoms with Crippen LogP contribution in [0.1, 0.15) is 52.9 Å². The molecule has 0 unspecified atom stereocenters. The van der Waals surface area contributed by atoms with Crippen LogP contribution in [0.25, 0.3) is 10.8 Å². The molecule has 1 saturated carbocycles. The van der Waals surface area contributed by atoms with E-state index in [1.54, 1.807) is 29.2 Å². The van der Waals surface area contributed by atoms with Gasteiger partial charge in [-0.05, 0) is 61.6 Å². The highest BCUT2D eigenvalue weighted by Crippen LogP contribution is 2.30. The number of fused-ring (bicyclic) bond motifs is 1. The quantitative estimate of drug-likeness (QED) is 0.321. The summed E-state index contributed by atoms with van der Waals surface area (Å²) in [6.07, 6.45) is 0.933. The Morgan fingerprint density at radius 1 is 0.977 bits per heavy atom. The lowest BCUT2D eigenvalue weighted by Crippen LogP contribution is -2.36. The van der Waals surface area contributed by atoms with Crippen molar-refractivity contribution < 1.29 is 27.1 Å². The Labute approximate surface area is 243 Å². The summed E-state index contributed by atoms with van der Waals surface area (Å²) in [6.45, 7) is 1.24. The molecule has 2 aliphatic rings. The van der Waals surface area contributed by atoms with Crippen LogP contribution in [0, 0.1) is 5.82 Å². The summed E-state index contributed by atoms with van der Waals surface area (Å²) in [5, 5.41) is 7.84. The van der Waals surface area contributed by atoms with E-state index in [1.165, 1.54) is 17.0 Å². The van der Waals surface area contributed by atoms with E-state index in [4.69, 9.17) is 4.74 Å². The number of nitrogens with zero attached hydrogens (tertiary/aromatic N) is 5. The highest BCUT2D eigenvalue weighted by atomic mass is 19.4. The number of amides is 1. The molecule has 0 radical (unpaired) electrons. The van der Waals surface area contributed by atoms with E-state index >= 15 is 0 Å². The average molecular weight is 597 g/mol. The molecule has 9 nitrogen and oxygen atoms in total. The molecule has 224 valence electrons. The fourth-order valence-corrected chi connectivity index (χ4v) is 5.25. The van der Waals surface area contributed by atoms with Crippen LogP contribution in [0.15, 0.2) is 53.6 Å². The van der Waals surface area contributed by atoms with Crippen LogP contribution in [0.4, 0.5) is 23.5 Å². The van der Waals surface area contributed by atoms with Crippen LogP contribution in [0.2, 0.25) is 0 Å². The van der Waals surface area contributed by atoms with E-state index in [1.807, 2.05) is 0 Å². The van der Waals surface area contributed by atoms with Gasteiger partial charge in [-0.15, -0.1) is 0 Å². The topological polar surface area (TPSA) is 104 Å². The summed E-state index contributed by atoms with van der Waals surface area (Å²) in [4.78, 5) is 36.8. The molecular formula is C30H28F4N6O3. The van der Waals surface area contributed by atoms with Crippen molar-refractivity contribution in [2.45, 2.75) is 44.4 Å². The summed E-state index contributed by atoms with van der Waals surface area (Å²) in [6, 6.07) is 9.57. The van der Waals surface area contributed by atoms with Gasteiger partial charge >= 0.3 is 6.18 Å². The second kappa shape index (κ2) is 11.6. The molecule has 0 atom stereocenters. The van der Waals surface area contributed by atoms with Crippen molar-refractivity contribution in [3.05, 3.63) is 87.3 Å². The Bertz CT molecular complexity index is 1710. The molecule has 3 heterocycles. The largest absolute Gasteiger partial charge is 0.490 e. The van der Waals surface area contributed by atoms with E-state index in [2.05, 4.69) is 20.2 Å². The van der Waals surface area contributed by atoms with Crippen molar-refractivity contribution in [3.63, 3.8) is 0 Å². The molecule has 1 amide bonds. The Kier molecular flexibility index (Phi) is 7.72. The molecule has 6 rings (SSSR count). The normalized spacial score (nSPS) is 16.2. The van der Waals surface area contributed by atoms with E-state index in [9.17, 15) is 27.2 Å². The van der Waals surface area contributed by atoms with Crippen molar-refractivity contribution in [2.24, 2.45) is 0 Å². The summed E-state index contributed by atoms with van der Waals surface area (Å²) in [5.41, 5.74) is -0.183. The zero-order valence-electron chi connectivity index (χ0n) is 23.0. The van der Waals surface area contributed by atoms with E-state index in [-0.39, 0.29) is 42.7 Å². The number of nitrogens with one attached hydrogen (secondary N) is 1. The van der Waals surface area contributed by atoms with Crippen molar-refractivity contribution in [2.75, 3.05) is 31.1 Å². The van der Waals surface area contributed by atoms with Gasteiger partial charge in [-0.25, -0.2) is 19.5 Å². The second-order valence-corrected chi connectivity index (χ2v) is 10.8. The van der Waals surface area contributed by atoms with Gasteiger partial charge in [0.1, 0.15) is 11.6 Å². The van der Waals surface area contributed by atoms with Crippen LogP contribution in [-0.4, -0.2) is 63.3 Å². The molecule has 2 aromatic carbocycles. The van der Waals surface area contributed by atoms with Crippen molar-refractivity contribution in [3.8, 4) is 5.75 Å². The number of carbonyl (C=O) groups is 1. The van der Waals surface area contributed by atoms with Crippen molar-refractivity contribution in [1.82, 2.24) is 25.1 Å². The second-order valence-electron chi connectivity index (χ2n) is 10.8. The Morgan fingerprint density at radius 3 is 2.49 bits per heavy atom. The number of rotatable bonds is 6. The van der Waals surface area contributed by atoms with Crippen molar-refractivity contribution >= 4 is 22.6 Å². The minimum atomic E-state index is -4.53. The fraction of sp³-hybridized carbons (Fsp3) is 0.367. The molecule has 1 aliphatic heterocycles. The zero-order chi connectivity index (χ0) is 30.1. The highest BCUT2D eigenvalue weighted by Gasteiger charge is 2.32. The van der Waals surface area contributed by atoms with Gasteiger partial charge in [0.2, 0.25) is 5.95 Å². The van der Waals surface area contributed by atoms with Gasteiger partial charge in [0.25, 0.3) is 11.5 Å². The maximum Gasteiger partial charge on any atom is 0.419 e. The lowest BCUT2D eigenvalue weighted by molar-refractivity contribution is -0.138. The molecule has 0 bridgehead atoms. The molecule has 1 N–H and O–H groups in total. The summed E-state index contributed by atoms with van der Waals surface area (Å²) in [5.74, 6) is -0.378. The smallest absolute Gasteiger partial charge is 0.419 e. The van der Waals surface area contributed by atoms with E-state index < -0.39 is 23.5 Å². The first-order valence-corrected chi connectivity index (χ1v) is 14.1. The van der Waals surface area contributed by atoms with Gasteiger partial charge in [0.05, 0.1) is 28.3 Å². The Hall–Kier alpha value is -4.55. The van der Waals surface area contributed by atoms with Crippen LogP contribution in [-0.2, 0) is 12.6 Å². The zero-order valence-corrected chi connectivity index (χ0v) is 23.0. The first-order chi connectivity index (χ1) is 20.7. The fourth-order valence-electron chi connectivity index (χ4n) is 5.25. The van der Waals surface area contributed by atoms with Crippen molar-refractivity contribution in [1.29, 1.82) is 0 Å². The Balaban J connectivity index is 1.19. The number of hydrogen-bond acceptors (Lipinski definition) is 7. The Morgan fingerprint density at radius 2 is 1.77 bits per heavy atom. The predicted octanol–water partition coefficient (Wildman–Crippen LogP) is 4.75. The number of aromatic amines is 1. The summed E-state index contributed by atoms with van der Waals surface area (Å²) >= 11 is 0. The predicted molar refractivity (Wildman–Crippen MR) is 150 cm³/mol. The number of hydrogen-bond donors (Lipinski definition) is 1. The maximum absolute atomic E-state index is 15.0. The minimum Gasteiger partial charge on any atom is -0.490 e. The molecule has 4 aromatic rings. The molecule has 13 heteroatoms. The summed E-state index contributed by atoms with van der Waals surface area (Å²) < 4.78 is 59.6. The van der Waals surface area contributed by atoms with Gasteiger partial charge < -0.3 is 14.5 Å². The van der Waals surface area contributed by atoms with Crippen LogP contribution < -0.4 is 15.2 Å². The third kappa shape index (κ3) is 6.15. The van der Waals surface area contributed by atoms with Gasteiger partial charge in [-0.1, -0.05) is 6.07 Å². The first kappa shape index (κ1) is 28.6. The number of anilines is 1. The molecule has 2 aromatic heterocycles. The number of carbonyl (C=O) groups excluding carboxylic acids is 1. The molecule has 0 spiro atoms. The molecule has 1 saturated heterocycles. The van der Waals surface area contributed by atoms with Gasteiger partial charge in [-0.3, -0.25) is 9.59 Å². The van der Waals surface area contributed by atoms with Crippen LogP contribution >= 0.6 is 0 Å². The van der Waals surface area contributed by atoms with E-state index in [0.29, 0.717) is 47.3 Å². The highest BCUT2D eigenvalue weighted by molar-refractivity contribution is 5.95. The van der Waals surface area contributed by atoms with Gasteiger partial charge in [-0.2, -0.15) is 18.3 Å². The summed E-state index contributed by atoms with van der Waals surface area (Å²) in [7, 11) is 0. The van der Waals surface area contributed by atoms with Gasteiger partial charge in [0, 0.05) is 50.4 Å². The lowest BCUT2D eigenvalue weighted by Gasteiger charge is -2.26. The number of benzene rings is 2. The molecule has 43 heavy (non-hydrogen) atoms. The van der Waals surface area contributed by atoms with Crippen LogP contribution in [0.5, 0.6) is 5.75 Å². The number of aromatic nitrogens is 4. The third-order valence-electron chi connectivity index (χ3n) is 7.86. The van der Waals surface area contributed by atoms with E-state index in [0.717, 1.165) is 31.7 Å². The SMILES string of the molecule is O=C(c1cc(Cc2n[nH]c(=O)c3ccc(OC4CCC4)cc23)ccc1F)N1CCCN(c2ncc(C(F)(F)F)cn2)CC1. The number of alkyl halides is 3. The average Bonchev–Trinajstić information content (AvgIpc) is 3.23. The molecule has 2 fully saturated rings. The monoisotopic (exact) mass is 596 g/mol. The van der Waals surface area contributed by atoms with Crippen LogP contribution in [0.3, 0.4) is 0 Å². The molecule has 1 aliphatic carbocycles. The lowest BCUT2D eigenvalue weighted by atomic mass is 9.96. The number of H-pyrrole nitrogens is 1. The number of halogens is 4. The van der Waals surface area contributed by atoms with Gasteiger partial charge in [0.15, 0.2) is 0 Å².